The van der Waals surface area contributed by atoms with Gasteiger partial charge in [-0.25, -0.2) is 9.78 Å². The maximum atomic E-state index is 12.2. The van der Waals surface area contributed by atoms with Crippen molar-refractivity contribution in [2.24, 2.45) is 0 Å². The maximum Gasteiger partial charge on any atom is 0.356 e. The Labute approximate surface area is 106 Å². The molecule has 1 amide bonds. The van der Waals surface area contributed by atoms with Gasteiger partial charge in [0.15, 0.2) is 0 Å². The van der Waals surface area contributed by atoms with Crippen molar-refractivity contribution >= 4 is 11.9 Å². The number of rotatable bonds is 2. The molecule has 0 bridgehead atoms. The van der Waals surface area contributed by atoms with Gasteiger partial charge in [0.2, 0.25) is 0 Å². The quantitative estimate of drug-likeness (QED) is 0.744. The van der Waals surface area contributed by atoms with Crippen molar-refractivity contribution in [3.05, 3.63) is 29.6 Å². The van der Waals surface area contributed by atoms with Gasteiger partial charge in [-0.1, -0.05) is 0 Å². The molecule has 0 N–H and O–H groups in total. The molecule has 0 unspecified atom stereocenters. The van der Waals surface area contributed by atoms with Crippen LogP contribution in [0.25, 0.3) is 0 Å². The largest absolute Gasteiger partial charge is 0.464 e. The van der Waals surface area contributed by atoms with Gasteiger partial charge in [0.1, 0.15) is 5.69 Å². The lowest BCUT2D eigenvalue weighted by atomic mass is 10.1. The predicted octanol–water partition coefficient (Wildman–Crippen LogP) is 1.49. The highest BCUT2D eigenvalue weighted by Crippen LogP contribution is 2.13. The van der Waals surface area contributed by atoms with Gasteiger partial charge in [-0.3, -0.25) is 4.79 Å². The van der Waals surface area contributed by atoms with Gasteiger partial charge >= 0.3 is 5.97 Å². The molecule has 1 fully saturated rings. The highest BCUT2D eigenvalue weighted by molar-refractivity contribution is 5.97. The third-order valence-electron chi connectivity index (χ3n) is 3.04. The molecule has 0 aromatic carbocycles. The van der Waals surface area contributed by atoms with E-state index in [1.165, 1.54) is 25.8 Å². The first-order valence-corrected chi connectivity index (χ1v) is 6.06. The number of ether oxygens (including phenoxy) is 1. The number of carbonyl (C=O) groups excluding carboxylic acids is 2. The summed E-state index contributed by atoms with van der Waals surface area (Å²) < 4.78 is 4.59. The Morgan fingerprint density at radius 3 is 2.67 bits per heavy atom. The van der Waals surface area contributed by atoms with Crippen molar-refractivity contribution in [3.8, 4) is 0 Å². The summed E-state index contributed by atoms with van der Waals surface area (Å²) in [6.45, 7) is 1.57. The summed E-state index contributed by atoms with van der Waals surface area (Å²) >= 11 is 0. The zero-order chi connectivity index (χ0) is 13.0. The molecule has 1 aromatic rings. The third-order valence-corrected chi connectivity index (χ3v) is 3.04. The molecule has 96 valence electrons. The monoisotopic (exact) mass is 248 g/mol. The number of aromatic nitrogens is 1. The summed E-state index contributed by atoms with van der Waals surface area (Å²) in [4.78, 5) is 29.3. The average molecular weight is 248 g/mol. The van der Waals surface area contributed by atoms with E-state index in [-0.39, 0.29) is 11.6 Å². The number of pyridine rings is 1. The van der Waals surface area contributed by atoms with Crippen molar-refractivity contribution in [3.63, 3.8) is 0 Å². The van der Waals surface area contributed by atoms with Crippen molar-refractivity contribution in [2.75, 3.05) is 20.2 Å². The molecule has 2 rings (SSSR count). The van der Waals surface area contributed by atoms with Gasteiger partial charge in [-0.2, -0.15) is 0 Å². The minimum absolute atomic E-state index is 0.0396. The molecule has 5 heteroatoms. The Morgan fingerprint density at radius 2 is 2.00 bits per heavy atom. The molecule has 1 aliphatic heterocycles. The molecule has 0 spiro atoms. The Bertz CT molecular complexity index is 453. The second kappa shape index (κ2) is 5.62. The predicted molar refractivity (Wildman–Crippen MR) is 65.3 cm³/mol. The van der Waals surface area contributed by atoms with Crippen molar-refractivity contribution in [1.82, 2.24) is 9.88 Å². The van der Waals surface area contributed by atoms with E-state index in [4.69, 9.17) is 0 Å². The van der Waals surface area contributed by atoms with Crippen LogP contribution in [0.3, 0.4) is 0 Å². The van der Waals surface area contributed by atoms with Crippen LogP contribution in [-0.2, 0) is 4.74 Å². The molecule has 0 saturated carbocycles. The fourth-order valence-electron chi connectivity index (χ4n) is 2.06. The lowest BCUT2D eigenvalue weighted by molar-refractivity contribution is 0.0594. The van der Waals surface area contributed by atoms with E-state index in [9.17, 15) is 9.59 Å². The van der Waals surface area contributed by atoms with Gasteiger partial charge in [0.05, 0.1) is 7.11 Å². The highest BCUT2D eigenvalue weighted by Gasteiger charge is 2.19. The van der Waals surface area contributed by atoms with E-state index in [0.717, 1.165) is 25.9 Å². The maximum absolute atomic E-state index is 12.2. The fourth-order valence-corrected chi connectivity index (χ4v) is 2.06. The smallest absolute Gasteiger partial charge is 0.356 e. The molecule has 18 heavy (non-hydrogen) atoms. The minimum atomic E-state index is -0.525. The van der Waals surface area contributed by atoms with Crippen LogP contribution >= 0.6 is 0 Å². The average Bonchev–Trinajstić information content (AvgIpc) is 2.46. The van der Waals surface area contributed by atoms with E-state index in [1.54, 1.807) is 6.07 Å². The van der Waals surface area contributed by atoms with E-state index >= 15 is 0 Å². The lowest BCUT2D eigenvalue weighted by Crippen LogP contribution is -2.35. The molecule has 1 aliphatic rings. The van der Waals surface area contributed by atoms with Crippen molar-refractivity contribution < 1.29 is 14.3 Å². The number of carbonyl (C=O) groups is 2. The Balaban J connectivity index is 2.17. The van der Waals surface area contributed by atoms with Gasteiger partial charge < -0.3 is 9.64 Å². The van der Waals surface area contributed by atoms with Crippen molar-refractivity contribution in [1.29, 1.82) is 0 Å². The number of hydrogen-bond donors (Lipinski definition) is 0. The van der Waals surface area contributed by atoms with Crippen LogP contribution in [0.4, 0.5) is 0 Å². The number of esters is 1. The molecular weight excluding hydrogens is 232 g/mol. The summed E-state index contributed by atoms with van der Waals surface area (Å²) in [5.74, 6) is -0.564. The topological polar surface area (TPSA) is 59.5 Å². The number of likely N-dealkylation sites (tertiary alicyclic amines) is 1. The number of piperidine rings is 1. The molecule has 1 saturated heterocycles. The summed E-state index contributed by atoms with van der Waals surface area (Å²) in [7, 11) is 1.29. The van der Waals surface area contributed by atoms with Crippen LogP contribution < -0.4 is 0 Å². The van der Waals surface area contributed by atoms with Crippen LogP contribution in [0.5, 0.6) is 0 Å². The normalized spacial score (nSPS) is 15.3. The van der Waals surface area contributed by atoms with Gasteiger partial charge in [-0.15, -0.1) is 0 Å². The molecule has 0 atom stereocenters. The Hall–Kier alpha value is -1.91. The zero-order valence-electron chi connectivity index (χ0n) is 10.4. The van der Waals surface area contributed by atoms with Crippen LogP contribution in [0.2, 0.25) is 0 Å². The zero-order valence-corrected chi connectivity index (χ0v) is 10.4. The number of amides is 1. The molecule has 2 heterocycles. The van der Waals surface area contributed by atoms with Crippen LogP contribution in [0.15, 0.2) is 18.3 Å². The second-order valence-electron chi connectivity index (χ2n) is 4.27. The van der Waals surface area contributed by atoms with Crippen LogP contribution in [-0.4, -0.2) is 42.0 Å². The molecule has 0 radical (unpaired) electrons. The van der Waals surface area contributed by atoms with E-state index < -0.39 is 5.97 Å². The summed E-state index contributed by atoms with van der Waals surface area (Å²) in [5, 5.41) is 0. The number of nitrogens with zero attached hydrogens (tertiary/aromatic N) is 2. The molecular formula is C13H16N2O3. The fraction of sp³-hybridized carbons (Fsp3) is 0.462. The number of methoxy groups -OCH3 is 1. The minimum Gasteiger partial charge on any atom is -0.464 e. The van der Waals surface area contributed by atoms with Gasteiger partial charge in [-0.05, 0) is 31.4 Å². The van der Waals surface area contributed by atoms with Crippen LogP contribution in [0, 0.1) is 0 Å². The molecule has 1 aromatic heterocycles. The van der Waals surface area contributed by atoms with E-state index in [2.05, 4.69) is 9.72 Å². The van der Waals surface area contributed by atoms with Gasteiger partial charge in [0.25, 0.3) is 5.91 Å². The number of hydrogen-bond acceptors (Lipinski definition) is 4. The third kappa shape index (κ3) is 2.67. The molecule has 0 aliphatic carbocycles. The van der Waals surface area contributed by atoms with Crippen molar-refractivity contribution in [2.45, 2.75) is 19.3 Å². The first-order chi connectivity index (χ1) is 8.72. The second-order valence-corrected chi connectivity index (χ2v) is 4.27. The first kappa shape index (κ1) is 12.5. The standard InChI is InChI=1S/C13H16N2O3/c1-18-13(17)11-9-10(5-6-14-11)12(16)15-7-3-2-4-8-15/h5-6,9H,2-4,7-8H2,1H3. The Morgan fingerprint density at radius 1 is 1.28 bits per heavy atom. The van der Waals surface area contributed by atoms with E-state index in [0.29, 0.717) is 5.56 Å². The summed E-state index contributed by atoms with van der Waals surface area (Å²) in [5.41, 5.74) is 0.660. The molecule has 5 nitrogen and oxygen atoms in total. The van der Waals surface area contributed by atoms with Crippen LogP contribution in [0.1, 0.15) is 40.1 Å². The summed E-state index contributed by atoms with van der Waals surface area (Å²) in [6, 6.07) is 3.12. The summed E-state index contributed by atoms with van der Waals surface area (Å²) in [6.07, 6.45) is 4.72. The van der Waals surface area contributed by atoms with Gasteiger partial charge in [0, 0.05) is 24.8 Å². The first-order valence-electron chi connectivity index (χ1n) is 6.06. The van der Waals surface area contributed by atoms with E-state index in [1.807, 2.05) is 4.90 Å². The SMILES string of the molecule is COC(=O)c1cc(C(=O)N2CCCCC2)ccn1. The Kier molecular flexibility index (Phi) is 3.92. The lowest BCUT2D eigenvalue weighted by Gasteiger charge is -2.26. The highest BCUT2D eigenvalue weighted by atomic mass is 16.5.